The van der Waals surface area contributed by atoms with Gasteiger partial charge < -0.3 is 10.2 Å². The van der Waals surface area contributed by atoms with E-state index in [9.17, 15) is 0 Å². The lowest BCUT2D eigenvalue weighted by Gasteiger charge is -2.19. The summed E-state index contributed by atoms with van der Waals surface area (Å²) in [4.78, 5) is 2.00. The van der Waals surface area contributed by atoms with Crippen LogP contribution in [0.2, 0.25) is 0 Å². The van der Waals surface area contributed by atoms with Gasteiger partial charge in [-0.15, -0.1) is 0 Å². The number of hydrogen-bond acceptors (Lipinski definition) is 4. The van der Waals surface area contributed by atoms with E-state index >= 15 is 0 Å². The highest BCUT2D eigenvalue weighted by atomic mass is 79.9. The number of halogens is 1. The van der Waals surface area contributed by atoms with E-state index in [0.29, 0.717) is 13.1 Å². The molecule has 6 heteroatoms. The maximum Gasteiger partial charge on any atom is 0.0632 e. The van der Waals surface area contributed by atoms with Crippen molar-refractivity contribution in [2.24, 2.45) is 0 Å². The summed E-state index contributed by atoms with van der Waals surface area (Å²) in [7, 11) is 0. The van der Waals surface area contributed by atoms with Crippen molar-refractivity contribution in [3.63, 3.8) is 0 Å². The Hall–Kier alpha value is -0.430. The van der Waals surface area contributed by atoms with Crippen LogP contribution in [0.3, 0.4) is 0 Å². The number of rotatable bonds is 7. The van der Waals surface area contributed by atoms with Gasteiger partial charge in [-0.2, -0.15) is 5.10 Å². The van der Waals surface area contributed by atoms with Crippen LogP contribution in [-0.4, -0.2) is 57.7 Å². The number of aromatic nitrogens is 2. The Bertz CT molecular complexity index is 274. The number of hydrogen-bond donors (Lipinski definition) is 2. The molecule has 1 heterocycles. The Kier molecular flexibility index (Phi) is 5.85. The topological polar surface area (TPSA) is 61.5 Å². The van der Waals surface area contributed by atoms with Gasteiger partial charge in [-0.25, -0.2) is 0 Å². The Morgan fingerprint density at radius 1 is 1.27 bits per heavy atom. The van der Waals surface area contributed by atoms with Crippen molar-refractivity contribution in [2.45, 2.75) is 6.54 Å². The van der Waals surface area contributed by atoms with E-state index in [1.54, 1.807) is 6.20 Å². The van der Waals surface area contributed by atoms with Crippen LogP contribution in [0.4, 0.5) is 0 Å². The molecule has 1 aromatic heterocycles. The molecular weight excluding hydrogens is 262 g/mol. The summed E-state index contributed by atoms with van der Waals surface area (Å²) in [5.74, 6) is 0. The second kappa shape index (κ2) is 6.95. The summed E-state index contributed by atoms with van der Waals surface area (Å²) >= 11 is 3.32. The molecule has 0 fully saturated rings. The third kappa shape index (κ3) is 4.74. The molecule has 0 bridgehead atoms. The van der Waals surface area contributed by atoms with Crippen LogP contribution in [0.25, 0.3) is 0 Å². The van der Waals surface area contributed by atoms with Crippen LogP contribution < -0.4 is 0 Å². The molecule has 0 atom stereocenters. The molecule has 1 aromatic rings. The minimum atomic E-state index is 0.114. The van der Waals surface area contributed by atoms with Crippen molar-refractivity contribution in [3.8, 4) is 0 Å². The molecular formula is C9H16BrN3O2. The Morgan fingerprint density at radius 2 is 1.93 bits per heavy atom. The fourth-order valence-corrected chi connectivity index (χ4v) is 1.65. The largest absolute Gasteiger partial charge is 0.395 e. The maximum atomic E-state index is 8.81. The van der Waals surface area contributed by atoms with Crippen molar-refractivity contribution in [1.29, 1.82) is 0 Å². The molecule has 0 spiro atoms. The minimum Gasteiger partial charge on any atom is -0.395 e. The van der Waals surface area contributed by atoms with Crippen molar-refractivity contribution in [3.05, 3.63) is 16.9 Å². The van der Waals surface area contributed by atoms with Crippen molar-refractivity contribution in [1.82, 2.24) is 14.7 Å². The van der Waals surface area contributed by atoms with E-state index in [0.717, 1.165) is 17.6 Å². The summed E-state index contributed by atoms with van der Waals surface area (Å²) in [6.45, 7) is 2.93. The lowest BCUT2D eigenvalue weighted by atomic mass is 10.4. The van der Waals surface area contributed by atoms with Gasteiger partial charge in [0, 0.05) is 25.8 Å². The van der Waals surface area contributed by atoms with E-state index < -0.39 is 0 Å². The summed E-state index contributed by atoms with van der Waals surface area (Å²) in [5, 5.41) is 21.7. The zero-order chi connectivity index (χ0) is 11.1. The molecule has 2 N–H and O–H groups in total. The van der Waals surface area contributed by atoms with Gasteiger partial charge in [0.15, 0.2) is 0 Å². The zero-order valence-corrected chi connectivity index (χ0v) is 10.1. The molecule has 0 unspecified atom stereocenters. The first-order valence-electron chi connectivity index (χ1n) is 4.88. The summed E-state index contributed by atoms with van der Waals surface area (Å²) in [6.07, 6.45) is 3.64. The van der Waals surface area contributed by atoms with E-state index in [4.69, 9.17) is 10.2 Å². The predicted molar refractivity (Wildman–Crippen MR) is 60.5 cm³/mol. The maximum absolute atomic E-state index is 8.81. The molecule has 0 amide bonds. The molecule has 0 aliphatic heterocycles. The van der Waals surface area contributed by atoms with Gasteiger partial charge in [-0.1, -0.05) is 0 Å². The minimum absolute atomic E-state index is 0.114. The molecule has 0 radical (unpaired) electrons. The van der Waals surface area contributed by atoms with Crippen LogP contribution in [0.1, 0.15) is 0 Å². The summed E-state index contributed by atoms with van der Waals surface area (Å²) in [5.41, 5.74) is 0. The van der Waals surface area contributed by atoms with Gasteiger partial charge in [0.25, 0.3) is 0 Å². The van der Waals surface area contributed by atoms with E-state index in [1.807, 2.05) is 15.8 Å². The van der Waals surface area contributed by atoms with Crippen molar-refractivity contribution >= 4 is 15.9 Å². The Labute approximate surface area is 97.4 Å². The van der Waals surface area contributed by atoms with Crippen molar-refractivity contribution < 1.29 is 10.2 Å². The summed E-state index contributed by atoms with van der Waals surface area (Å²) in [6, 6.07) is 0. The fourth-order valence-electron chi connectivity index (χ4n) is 1.32. The van der Waals surface area contributed by atoms with Gasteiger partial charge >= 0.3 is 0 Å². The van der Waals surface area contributed by atoms with Gasteiger partial charge in [-0.3, -0.25) is 9.58 Å². The molecule has 5 nitrogen and oxygen atoms in total. The van der Waals surface area contributed by atoms with E-state index in [1.165, 1.54) is 0 Å². The monoisotopic (exact) mass is 277 g/mol. The first-order valence-corrected chi connectivity index (χ1v) is 5.67. The van der Waals surface area contributed by atoms with Crippen molar-refractivity contribution in [2.75, 3.05) is 32.8 Å². The van der Waals surface area contributed by atoms with Gasteiger partial charge in [-0.05, 0) is 15.9 Å². The predicted octanol–water partition coefficient (Wildman–Crippen LogP) is -0.0678. The second-order valence-corrected chi connectivity index (χ2v) is 4.13. The number of nitrogens with zero attached hydrogens (tertiary/aromatic N) is 3. The highest BCUT2D eigenvalue weighted by molar-refractivity contribution is 9.10. The fraction of sp³-hybridized carbons (Fsp3) is 0.667. The van der Waals surface area contributed by atoms with Gasteiger partial charge in [0.2, 0.25) is 0 Å². The van der Waals surface area contributed by atoms with Gasteiger partial charge in [0.05, 0.1) is 30.4 Å². The second-order valence-electron chi connectivity index (χ2n) is 3.21. The standard InChI is InChI=1S/C9H16BrN3O2/c10-9-7-11-13(8-9)2-1-12(3-5-14)4-6-15/h7-8,14-15H,1-6H2. The number of aliphatic hydroxyl groups is 2. The van der Waals surface area contributed by atoms with Crippen LogP contribution in [-0.2, 0) is 6.54 Å². The SMILES string of the molecule is OCCN(CCO)CCn1cc(Br)cn1. The van der Waals surface area contributed by atoms with Crippen LogP contribution in [0, 0.1) is 0 Å². The first kappa shape index (κ1) is 12.6. The Morgan fingerprint density at radius 3 is 2.40 bits per heavy atom. The normalized spacial score (nSPS) is 11.2. The zero-order valence-electron chi connectivity index (χ0n) is 8.51. The molecule has 1 rings (SSSR count). The molecule has 0 saturated carbocycles. The quantitative estimate of drug-likeness (QED) is 0.733. The smallest absolute Gasteiger partial charge is 0.0632 e. The first-order chi connectivity index (χ1) is 7.26. The molecule has 0 aliphatic carbocycles. The van der Waals surface area contributed by atoms with Gasteiger partial charge in [0.1, 0.15) is 0 Å². The average molecular weight is 278 g/mol. The number of aliphatic hydroxyl groups excluding tert-OH is 2. The third-order valence-electron chi connectivity index (χ3n) is 2.08. The van der Waals surface area contributed by atoms with E-state index in [-0.39, 0.29) is 13.2 Å². The Balaban J connectivity index is 2.32. The lowest BCUT2D eigenvalue weighted by Crippen LogP contribution is -2.32. The summed E-state index contributed by atoms with van der Waals surface area (Å²) < 4.78 is 2.78. The highest BCUT2D eigenvalue weighted by Crippen LogP contribution is 2.05. The molecule has 0 saturated heterocycles. The molecule has 86 valence electrons. The average Bonchev–Trinajstić information content (AvgIpc) is 2.61. The lowest BCUT2D eigenvalue weighted by molar-refractivity contribution is 0.156. The van der Waals surface area contributed by atoms with Crippen LogP contribution in [0.5, 0.6) is 0 Å². The molecule has 15 heavy (non-hydrogen) atoms. The van der Waals surface area contributed by atoms with Crippen LogP contribution in [0.15, 0.2) is 16.9 Å². The van der Waals surface area contributed by atoms with Crippen LogP contribution >= 0.6 is 15.9 Å². The molecule has 0 aliphatic rings. The third-order valence-corrected chi connectivity index (χ3v) is 2.49. The highest BCUT2D eigenvalue weighted by Gasteiger charge is 2.03. The van der Waals surface area contributed by atoms with E-state index in [2.05, 4.69) is 21.0 Å². The molecule has 0 aromatic carbocycles.